The van der Waals surface area contributed by atoms with E-state index >= 15 is 0 Å². The number of nitrogens with zero attached hydrogens (tertiary/aromatic N) is 2. The van der Waals surface area contributed by atoms with Gasteiger partial charge in [-0.1, -0.05) is 29.9 Å². The number of carboxylic acid groups (broad SMARTS) is 1. The van der Waals surface area contributed by atoms with Gasteiger partial charge < -0.3 is 9.67 Å². The van der Waals surface area contributed by atoms with Gasteiger partial charge in [0.2, 0.25) is 0 Å². The van der Waals surface area contributed by atoms with Crippen molar-refractivity contribution in [3.8, 4) is 0 Å². The molecule has 0 spiro atoms. The van der Waals surface area contributed by atoms with Gasteiger partial charge in [-0.15, -0.1) is 0 Å². The molecule has 3 aromatic rings. The van der Waals surface area contributed by atoms with Crippen molar-refractivity contribution in [3.05, 3.63) is 63.4 Å². The molecular formula is C18H13ClF2N2O3S. The van der Waals surface area contributed by atoms with Gasteiger partial charge in [0.25, 0.3) is 5.91 Å². The summed E-state index contributed by atoms with van der Waals surface area (Å²) in [5.41, 5.74) is 0.397. The smallest absolute Gasteiger partial charge is 0.326 e. The molecule has 2 aromatic carbocycles. The maximum atomic E-state index is 14.2. The summed E-state index contributed by atoms with van der Waals surface area (Å²) < 4.78 is 28.9. The summed E-state index contributed by atoms with van der Waals surface area (Å²) in [5, 5.41) is 9.95. The maximum absolute atomic E-state index is 14.2. The number of carboxylic acids is 1. The molecule has 0 radical (unpaired) electrons. The molecule has 1 unspecified atom stereocenters. The van der Waals surface area contributed by atoms with Crippen molar-refractivity contribution < 1.29 is 23.5 Å². The fourth-order valence-corrected chi connectivity index (χ4v) is 3.86. The molecule has 1 heterocycles. The highest BCUT2D eigenvalue weighted by Gasteiger charge is 2.24. The van der Waals surface area contributed by atoms with E-state index in [-0.39, 0.29) is 27.0 Å². The number of thiazole rings is 1. The summed E-state index contributed by atoms with van der Waals surface area (Å²) in [6, 6.07) is 7.10. The molecular weight excluding hydrogens is 398 g/mol. The summed E-state index contributed by atoms with van der Waals surface area (Å²) in [7, 11) is 0. The summed E-state index contributed by atoms with van der Waals surface area (Å²) >= 11 is 6.52. The van der Waals surface area contributed by atoms with E-state index in [9.17, 15) is 23.5 Å². The van der Waals surface area contributed by atoms with Crippen LogP contribution in [0.3, 0.4) is 0 Å². The number of halogens is 3. The Morgan fingerprint density at radius 1 is 1.22 bits per heavy atom. The van der Waals surface area contributed by atoms with Crippen LogP contribution < -0.4 is 4.80 Å². The van der Waals surface area contributed by atoms with Crippen LogP contribution in [0.2, 0.25) is 5.02 Å². The lowest BCUT2D eigenvalue weighted by molar-refractivity contribution is -0.140. The van der Waals surface area contributed by atoms with Crippen LogP contribution >= 0.6 is 22.9 Å². The molecule has 5 nitrogen and oxygen atoms in total. The van der Waals surface area contributed by atoms with Crippen molar-refractivity contribution in [2.75, 3.05) is 0 Å². The van der Waals surface area contributed by atoms with Crippen LogP contribution in [-0.2, 0) is 4.79 Å². The Hall–Kier alpha value is -2.58. The zero-order valence-corrected chi connectivity index (χ0v) is 15.5. The van der Waals surface area contributed by atoms with Gasteiger partial charge in [-0.2, -0.15) is 4.99 Å². The van der Waals surface area contributed by atoms with Gasteiger partial charge in [0.15, 0.2) is 16.4 Å². The number of benzene rings is 2. The second-order valence-corrected chi connectivity index (χ2v) is 7.06. The lowest BCUT2D eigenvalue weighted by atomic mass is 10.2. The highest BCUT2D eigenvalue weighted by Crippen LogP contribution is 2.27. The molecule has 1 amide bonds. The Bertz CT molecular complexity index is 1110. The third-order valence-corrected chi connectivity index (χ3v) is 5.27. The van der Waals surface area contributed by atoms with E-state index in [1.54, 1.807) is 6.92 Å². The lowest BCUT2D eigenvalue weighted by Gasteiger charge is -2.13. The number of aromatic nitrogens is 1. The van der Waals surface area contributed by atoms with E-state index < -0.39 is 29.6 Å². The summed E-state index contributed by atoms with van der Waals surface area (Å²) in [5.74, 6) is -3.97. The van der Waals surface area contributed by atoms with Crippen molar-refractivity contribution in [2.24, 2.45) is 4.99 Å². The van der Waals surface area contributed by atoms with Gasteiger partial charge in [-0.05, 0) is 42.8 Å². The van der Waals surface area contributed by atoms with Gasteiger partial charge in [0.1, 0.15) is 6.04 Å². The van der Waals surface area contributed by atoms with Crippen LogP contribution in [0, 0.1) is 11.6 Å². The number of amides is 1. The van der Waals surface area contributed by atoms with Crippen molar-refractivity contribution in [1.29, 1.82) is 0 Å². The van der Waals surface area contributed by atoms with Crippen LogP contribution in [0.4, 0.5) is 8.78 Å². The van der Waals surface area contributed by atoms with E-state index in [1.807, 2.05) is 0 Å². The average molecular weight is 411 g/mol. The molecule has 0 bridgehead atoms. The second-order valence-electron chi connectivity index (χ2n) is 5.65. The average Bonchev–Trinajstić information content (AvgIpc) is 2.98. The molecule has 0 aliphatic rings. The SMILES string of the molecule is CCC(C(=O)O)n1/c(=N/C(=O)c2ccc(Cl)cc2)sc2c(F)c(F)ccc21. The monoisotopic (exact) mass is 410 g/mol. The number of hydrogen-bond donors (Lipinski definition) is 1. The summed E-state index contributed by atoms with van der Waals surface area (Å²) in [6.07, 6.45) is 0.169. The number of hydrogen-bond acceptors (Lipinski definition) is 3. The zero-order valence-electron chi connectivity index (χ0n) is 13.9. The Balaban J connectivity index is 2.27. The number of carbonyl (C=O) groups excluding carboxylic acids is 1. The molecule has 1 N–H and O–H groups in total. The number of carbonyl (C=O) groups is 2. The molecule has 1 atom stereocenters. The van der Waals surface area contributed by atoms with Gasteiger partial charge in [0.05, 0.1) is 10.2 Å². The van der Waals surface area contributed by atoms with Crippen LogP contribution in [0.5, 0.6) is 0 Å². The Morgan fingerprint density at radius 3 is 2.48 bits per heavy atom. The molecule has 27 heavy (non-hydrogen) atoms. The molecule has 9 heteroatoms. The van der Waals surface area contributed by atoms with Gasteiger partial charge in [-0.25, -0.2) is 13.6 Å². The first-order chi connectivity index (χ1) is 12.8. The fourth-order valence-electron chi connectivity index (χ4n) is 2.64. The predicted molar refractivity (Wildman–Crippen MR) is 98.0 cm³/mol. The highest BCUT2D eigenvalue weighted by atomic mass is 35.5. The Morgan fingerprint density at radius 2 is 1.89 bits per heavy atom. The number of fused-ring (bicyclic) bond motifs is 1. The van der Waals surface area contributed by atoms with Crippen LogP contribution in [0.1, 0.15) is 29.7 Å². The Kier molecular flexibility index (Phi) is 5.38. The molecule has 0 fully saturated rings. The molecule has 0 aliphatic carbocycles. The fraction of sp³-hybridized carbons (Fsp3) is 0.167. The normalized spacial score (nSPS) is 13.1. The van der Waals surface area contributed by atoms with Crippen LogP contribution in [0.25, 0.3) is 10.2 Å². The first kappa shape index (κ1) is 19.2. The van der Waals surface area contributed by atoms with Crippen molar-refractivity contribution in [1.82, 2.24) is 4.57 Å². The Labute approximate surface area is 161 Å². The van der Waals surface area contributed by atoms with E-state index in [0.29, 0.717) is 5.02 Å². The lowest BCUT2D eigenvalue weighted by Crippen LogP contribution is -2.27. The molecule has 1 aromatic heterocycles. The minimum atomic E-state index is -1.16. The van der Waals surface area contributed by atoms with Crippen molar-refractivity contribution in [2.45, 2.75) is 19.4 Å². The van der Waals surface area contributed by atoms with E-state index in [2.05, 4.69) is 4.99 Å². The largest absolute Gasteiger partial charge is 0.480 e. The van der Waals surface area contributed by atoms with Crippen LogP contribution in [-0.4, -0.2) is 21.6 Å². The topological polar surface area (TPSA) is 71.7 Å². The minimum Gasteiger partial charge on any atom is -0.480 e. The van der Waals surface area contributed by atoms with E-state index in [0.717, 1.165) is 17.4 Å². The first-order valence-corrected chi connectivity index (χ1v) is 9.09. The minimum absolute atomic E-state index is 0.0244. The highest BCUT2D eigenvalue weighted by molar-refractivity contribution is 7.16. The summed E-state index contributed by atoms with van der Waals surface area (Å²) in [6.45, 7) is 1.64. The molecule has 0 aliphatic heterocycles. The summed E-state index contributed by atoms with van der Waals surface area (Å²) in [4.78, 5) is 28.0. The van der Waals surface area contributed by atoms with Gasteiger partial charge in [0, 0.05) is 10.6 Å². The molecule has 0 saturated heterocycles. The standard InChI is InChI=1S/C18H13ClF2N2O3S/c1-2-12(17(25)26)23-13-8-7-11(20)14(21)15(13)27-18(23)22-16(24)9-3-5-10(19)6-4-9/h3-8,12H,2H2,1H3,(H,25,26)/b22-18-. The molecule has 3 rings (SSSR count). The molecule has 140 valence electrons. The third kappa shape index (κ3) is 3.63. The first-order valence-electron chi connectivity index (χ1n) is 7.90. The second kappa shape index (κ2) is 7.58. The predicted octanol–water partition coefficient (Wildman–Crippen LogP) is 4.41. The van der Waals surface area contributed by atoms with Crippen molar-refractivity contribution >= 4 is 45.0 Å². The van der Waals surface area contributed by atoms with Crippen LogP contribution in [0.15, 0.2) is 41.4 Å². The van der Waals surface area contributed by atoms with Gasteiger partial charge in [-0.3, -0.25) is 4.79 Å². The quantitative estimate of drug-likeness (QED) is 0.692. The van der Waals surface area contributed by atoms with Crippen molar-refractivity contribution in [3.63, 3.8) is 0 Å². The maximum Gasteiger partial charge on any atom is 0.326 e. The number of rotatable bonds is 4. The van der Waals surface area contributed by atoms with E-state index in [1.165, 1.54) is 34.9 Å². The molecule has 0 saturated carbocycles. The van der Waals surface area contributed by atoms with Gasteiger partial charge >= 0.3 is 5.97 Å². The zero-order chi connectivity index (χ0) is 19.7. The third-order valence-electron chi connectivity index (χ3n) is 3.96. The number of aliphatic carboxylic acids is 1. The van der Waals surface area contributed by atoms with E-state index in [4.69, 9.17) is 11.6 Å².